The summed E-state index contributed by atoms with van der Waals surface area (Å²) in [6, 6.07) is 0.145. The fourth-order valence-corrected chi connectivity index (χ4v) is 1.66. The summed E-state index contributed by atoms with van der Waals surface area (Å²) in [6.07, 6.45) is 4.42. The van der Waals surface area contributed by atoms with Gasteiger partial charge in [-0.3, -0.25) is 4.79 Å². The highest BCUT2D eigenvalue weighted by molar-refractivity contribution is 5.79. The molecule has 1 saturated carbocycles. The van der Waals surface area contributed by atoms with Gasteiger partial charge in [-0.25, -0.2) is 0 Å². The zero-order chi connectivity index (χ0) is 7.56. The number of carbonyl (C=O) groups excluding carboxylic acids is 1. The molecule has 0 heterocycles. The van der Waals surface area contributed by atoms with E-state index < -0.39 is 0 Å². The van der Waals surface area contributed by atoms with Crippen LogP contribution in [0.5, 0.6) is 0 Å². The second-order valence-electron chi connectivity index (χ2n) is 3.17. The van der Waals surface area contributed by atoms with Gasteiger partial charge in [0.2, 0.25) is 0 Å². The van der Waals surface area contributed by atoms with Gasteiger partial charge in [-0.1, -0.05) is 12.8 Å². The van der Waals surface area contributed by atoms with Crippen molar-refractivity contribution >= 4 is 5.78 Å². The van der Waals surface area contributed by atoms with Gasteiger partial charge in [-0.2, -0.15) is 0 Å². The molecule has 2 heteroatoms. The number of Topliss-reactive ketones (excluding diaryl/α,β-unsaturated/α-hetero) is 1. The summed E-state index contributed by atoms with van der Waals surface area (Å²) in [5.74, 6) is 0.431. The van der Waals surface area contributed by atoms with Crippen molar-refractivity contribution in [1.29, 1.82) is 0 Å². The van der Waals surface area contributed by atoms with Gasteiger partial charge in [-0.05, 0) is 19.8 Å². The maximum absolute atomic E-state index is 10.9. The van der Waals surface area contributed by atoms with Crippen LogP contribution in [0, 0.1) is 5.92 Å². The molecule has 2 atom stereocenters. The first-order valence-electron chi connectivity index (χ1n) is 3.98. The third-order valence-electron chi connectivity index (χ3n) is 2.34. The minimum Gasteiger partial charge on any atom is -0.327 e. The highest BCUT2D eigenvalue weighted by atomic mass is 16.1. The summed E-state index contributed by atoms with van der Waals surface area (Å²) in [6.45, 7) is 1.65. The van der Waals surface area contributed by atoms with Crippen LogP contribution in [0.25, 0.3) is 0 Å². The largest absolute Gasteiger partial charge is 0.327 e. The van der Waals surface area contributed by atoms with E-state index in [-0.39, 0.29) is 17.7 Å². The minimum atomic E-state index is 0.145. The second kappa shape index (κ2) is 3.15. The molecule has 0 saturated heterocycles. The van der Waals surface area contributed by atoms with Crippen molar-refractivity contribution in [3.8, 4) is 0 Å². The van der Waals surface area contributed by atoms with Crippen LogP contribution in [-0.4, -0.2) is 11.8 Å². The van der Waals surface area contributed by atoms with Crippen LogP contribution in [0.4, 0.5) is 0 Å². The van der Waals surface area contributed by atoms with Crippen LogP contribution in [0.3, 0.4) is 0 Å². The van der Waals surface area contributed by atoms with Crippen molar-refractivity contribution in [2.45, 2.75) is 38.6 Å². The number of nitrogens with two attached hydrogens (primary N) is 1. The van der Waals surface area contributed by atoms with E-state index in [2.05, 4.69) is 0 Å². The summed E-state index contributed by atoms with van der Waals surface area (Å²) in [4.78, 5) is 10.9. The van der Waals surface area contributed by atoms with Crippen LogP contribution >= 0.6 is 0 Å². The molecule has 2 N–H and O–H groups in total. The summed E-state index contributed by atoms with van der Waals surface area (Å²) < 4.78 is 0. The molecular weight excluding hydrogens is 126 g/mol. The molecular formula is C8H15NO. The topological polar surface area (TPSA) is 43.1 Å². The van der Waals surface area contributed by atoms with Crippen LogP contribution in [0.1, 0.15) is 32.6 Å². The van der Waals surface area contributed by atoms with Crippen molar-refractivity contribution in [3.05, 3.63) is 0 Å². The maximum atomic E-state index is 10.9. The molecule has 0 bridgehead atoms. The van der Waals surface area contributed by atoms with Crippen LogP contribution in [-0.2, 0) is 4.79 Å². The van der Waals surface area contributed by atoms with Gasteiger partial charge in [0.15, 0.2) is 0 Å². The first kappa shape index (κ1) is 7.73. The Morgan fingerprint density at radius 1 is 1.40 bits per heavy atom. The summed E-state index contributed by atoms with van der Waals surface area (Å²) in [7, 11) is 0. The van der Waals surface area contributed by atoms with E-state index in [1.165, 1.54) is 12.8 Å². The molecule has 0 aromatic heterocycles. The Hall–Kier alpha value is -0.370. The molecule has 1 aliphatic carbocycles. The minimum absolute atomic E-state index is 0.145. The average Bonchev–Trinajstić information content (AvgIpc) is 1.88. The number of ketones is 1. The Labute approximate surface area is 61.8 Å². The van der Waals surface area contributed by atoms with Crippen LogP contribution in [0.15, 0.2) is 0 Å². The highest BCUT2D eigenvalue weighted by Gasteiger charge is 2.24. The molecule has 0 aromatic rings. The van der Waals surface area contributed by atoms with E-state index in [4.69, 9.17) is 5.73 Å². The Bertz CT molecular complexity index is 133. The Kier molecular flexibility index (Phi) is 2.44. The van der Waals surface area contributed by atoms with Crippen molar-refractivity contribution in [1.82, 2.24) is 0 Å². The molecule has 1 aliphatic rings. The van der Waals surface area contributed by atoms with Crippen LogP contribution in [0.2, 0.25) is 0 Å². The molecule has 2 unspecified atom stereocenters. The fraction of sp³-hybridized carbons (Fsp3) is 0.875. The highest BCUT2D eigenvalue weighted by Crippen LogP contribution is 2.23. The van der Waals surface area contributed by atoms with Crippen molar-refractivity contribution in [2.75, 3.05) is 0 Å². The predicted octanol–water partition coefficient (Wildman–Crippen LogP) is 1.09. The van der Waals surface area contributed by atoms with E-state index in [1.807, 2.05) is 0 Å². The molecule has 0 spiro atoms. The molecule has 0 radical (unpaired) electrons. The quantitative estimate of drug-likeness (QED) is 0.594. The number of hydrogen-bond acceptors (Lipinski definition) is 2. The van der Waals surface area contributed by atoms with Gasteiger partial charge >= 0.3 is 0 Å². The van der Waals surface area contributed by atoms with E-state index in [0.717, 1.165) is 12.8 Å². The number of hydrogen-bond donors (Lipinski definition) is 1. The molecule has 1 rings (SSSR count). The SMILES string of the molecule is CC(=O)C1CCCCC1N. The normalized spacial score (nSPS) is 33.8. The van der Waals surface area contributed by atoms with E-state index in [1.54, 1.807) is 6.92 Å². The monoisotopic (exact) mass is 141 g/mol. The third-order valence-corrected chi connectivity index (χ3v) is 2.34. The fourth-order valence-electron chi connectivity index (χ4n) is 1.66. The van der Waals surface area contributed by atoms with Gasteiger partial charge in [0.05, 0.1) is 0 Å². The third kappa shape index (κ3) is 1.57. The molecule has 2 nitrogen and oxygen atoms in total. The van der Waals surface area contributed by atoms with E-state index in [9.17, 15) is 4.79 Å². The molecule has 0 amide bonds. The standard InChI is InChI=1S/C8H15NO/c1-6(10)7-4-2-3-5-8(7)9/h7-8H,2-5,9H2,1H3. The lowest BCUT2D eigenvalue weighted by Crippen LogP contribution is -2.36. The van der Waals surface area contributed by atoms with Crippen molar-refractivity contribution in [2.24, 2.45) is 11.7 Å². The lowest BCUT2D eigenvalue weighted by molar-refractivity contribution is -0.122. The lowest BCUT2D eigenvalue weighted by atomic mass is 9.83. The molecule has 1 fully saturated rings. The lowest BCUT2D eigenvalue weighted by Gasteiger charge is -2.25. The zero-order valence-corrected chi connectivity index (χ0v) is 6.47. The van der Waals surface area contributed by atoms with Crippen molar-refractivity contribution < 1.29 is 4.79 Å². The maximum Gasteiger partial charge on any atom is 0.134 e. The average molecular weight is 141 g/mol. The molecule has 0 aromatic carbocycles. The van der Waals surface area contributed by atoms with Gasteiger partial charge in [0, 0.05) is 12.0 Å². The van der Waals surface area contributed by atoms with Gasteiger partial charge in [0.25, 0.3) is 0 Å². The van der Waals surface area contributed by atoms with Gasteiger partial charge < -0.3 is 5.73 Å². The Morgan fingerprint density at radius 3 is 2.40 bits per heavy atom. The van der Waals surface area contributed by atoms with Crippen LogP contribution < -0.4 is 5.73 Å². The molecule has 58 valence electrons. The predicted molar refractivity (Wildman–Crippen MR) is 40.6 cm³/mol. The van der Waals surface area contributed by atoms with E-state index in [0.29, 0.717) is 0 Å². The number of carbonyl (C=O) groups is 1. The Balaban J connectivity index is 2.47. The summed E-state index contributed by atoms with van der Waals surface area (Å²) >= 11 is 0. The zero-order valence-electron chi connectivity index (χ0n) is 6.47. The van der Waals surface area contributed by atoms with Gasteiger partial charge in [-0.15, -0.1) is 0 Å². The van der Waals surface area contributed by atoms with Gasteiger partial charge in [0.1, 0.15) is 5.78 Å². The van der Waals surface area contributed by atoms with E-state index >= 15 is 0 Å². The van der Waals surface area contributed by atoms with Crippen molar-refractivity contribution in [3.63, 3.8) is 0 Å². The molecule has 0 aliphatic heterocycles. The second-order valence-corrected chi connectivity index (χ2v) is 3.17. The molecule has 10 heavy (non-hydrogen) atoms. The first-order chi connectivity index (χ1) is 4.72. The summed E-state index contributed by atoms with van der Waals surface area (Å²) in [5.41, 5.74) is 5.76. The smallest absolute Gasteiger partial charge is 0.134 e. The Morgan fingerprint density at radius 2 is 2.00 bits per heavy atom. The summed E-state index contributed by atoms with van der Waals surface area (Å²) in [5, 5.41) is 0. The number of rotatable bonds is 1. The first-order valence-corrected chi connectivity index (χ1v) is 3.98.